The van der Waals surface area contributed by atoms with Gasteiger partial charge in [0.25, 0.3) is 0 Å². The number of benzene rings is 1. The maximum atomic E-state index is 9.78. The molecular weight excluding hydrogens is 254 g/mol. The normalized spacial score (nSPS) is 24.4. The third-order valence-electron chi connectivity index (χ3n) is 4.89. The first-order valence-corrected chi connectivity index (χ1v) is 7.31. The summed E-state index contributed by atoms with van der Waals surface area (Å²) in [4.78, 5) is 2.27. The van der Waals surface area contributed by atoms with Crippen LogP contribution in [0.25, 0.3) is 0 Å². The molecule has 4 nitrogen and oxygen atoms in total. The van der Waals surface area contributed by atoms with Crippen molar-refractivity contribution in [3.05, 3.63) is 29.8 Å². The molecule has 1 saturated carbocycles. The molecule has 1 saturated heterocycles. The van der Waals surface area contributed by atoms with Crippen molar-refractivity contribution in [2.75, 3.05) is 27.3 Å². The molecule has 1 heterocycles. The Morgan fingerprint density at radius 3 is 2.25 bits per heavy atom. The predicted molar refractivity (Wildman–Crippen MR) is 76.6 cm³/mol. The van der Waals surface area contributed by atoms with E-state index in [4.69, 9.17) is 9.47 Å². The average molecular weight is 277 g/mol. The Bertz CT molecular complexity index is 470. The van der Waals surface area contributed by atoms with Crippen molar-refractivity contribution in [1.82, 2.24) is 4.90 Å². The van der Waals surface area contributed by atoms with Gasteiger partial charge in [-0.05, 0) is 44.6 Å². The van der Waals surface area contributed by atoms with Gasteiger partial charge in [-0.15, -0.1) is 0 Å². The predicted octanol–water partition coefficient (Wildman–Crippen LogP) is 2.47. The minimum atomic E-state index is -0.351. The molecule has 4 heteroatoms. The van der Waals surface area contributed by atoms with Crippen LogP contribution in [0.1, 0.15) is 31.2 Å². The summed E-state index contributed by atoms with van der Waals surface area (Å²) in [6, 6.07) is 7.63. The van der Waals surface area contributed by atoms with Gasteiger partial charge in [0.2, 0.25) is 0 Å². The lowest BCUT2D eigenvalue weighted by molar-refractivity contribution is -0.193. The molecule has 0 bridgehead atoms. The molecule has 1 aromatic rings. The summed E-state index contributed by atoms with van der Waals surface area (Å²) in [5.74, 6) is -0.0200. The van der Waals surface area contributed by atoms with Crippen molar-refractivity contribution in [2.45, 2.75) is 37.0 Å². The van der Waals surface area contributed by atoms with E-state index >= 15 is 0 Å². The van der Waals surface area contributed by atoms with Gasteiger partial charge in [0, 0.05) is 18.4 Å². The smallest absolute Gasteiger partial charge is 0.168 e. The van der Waals surface area contributed by atoms with Gasteiger partial charge in [0.1, 0.15) is 5.75 Å². The molecule has 1 spiro atoms. The van der Waals surface area contributed by atoms with Gasteiger partial charge >= 0.3 is 0 Å². The van der Waals surface area contributed by atoms with Gasteiger partial charge in [-0.25, -0.2) is 0 Å². The number of phenols is 1. The van der Waals surface area contributed by atoms with Crippen molar-refractivity contribution < 1.29 is 14.6 Å². The van der Waals surface area contributed by atoms with Crippen LogP contribution >= 0.6 is 0 Å². The van der Waals surface area contributed by atoms with Crippen LogP contribution in [0, 0.1) is 0 Å². The van der Waals surface area contributed by atoms with Gasteiger partial charge in [-0.3, -0.25) is 4.90 Å². The van der Waals surface area contributed by atoms with Crippen LogP contribution in [-0.2, 0) is 15.0 Å². The summed E-state index contributed by atoms with van der Waals surface area (Å²) in [6.07, 6.45) is 3.76. The van der Waals surface area contributed by atoms with Crippen molar-refractivity contribution in [3.8, 4) is 5.75 Å². The topological polar surface area (TPSA) is 41.9 Å². The van der Waals surface area contributed by atoms with Gasteiger partial charge in [-0.1, -0.05) is 12.1 Å². The monoisotopic (exact) mass is 277 g/mol. The highest BCUT2D eigenvalue weighted by atomic mass is 16.7. The first kappa shape index (κ1) is 13.9. The van der Waals surface area contributed by atoms with Crippen molar-refractivity contribution in [1.29, 1.82) is 0 Å². The standard InChI is InChI=1S/C16H23NO3/c1-17(2)15(13-4-3-5-14(18)12-13)6-8-16(9-7-15)19-10-11-20-16/h3-5,12,18H,6-11H2,1-2H3. The molecule has 1 aliphatic carbocycles. The maximum Gasteiger partial charge on any atom is 0.168 e. The Morgan fingerprint density at radius 2 is 1.70 bits per heavy atom. The summed E-state index contributed by atoms with van der Waals surface area (Å²) >= 11 is 0. The quantitative estimate of drug-likeness (QED) is 0.901. The van der Waals surface area contributed by atoms with Gasteiger partial charge in [0.15, 0.2) is 5.79 Å². The molecule has 0 radical (unpaired) electrons. The van der Waals surface area contributed by atoms with E-state index in [1.165, 1.54) is 5.56 Å². The van der Waals surface area contributed by atoms with E-state index in [-0.39, 0.29) is 11.3 Å². The van der Waals surface area contributed by atoms with E-state index < -0.39 is 0 Å². The molecule has 20 heavy (non-hydrogen) atoms. The number of nitrogens with zero attached hydrogens (tertiary/aromatic N) is 1. The molecule has 2 fully saturated rings. The average Bonchev–Trinajstić information content (AvgIpc) is 2.88. The van der Waals surface area contributed by atoms with Crippen LogP contribution in [0.4, 0.5) is 0 Å². The van der Waals surface area contributed by atoms with E-state index in [0.717, 1.165) is 25.7 Å². The molecule has 3 rings (SSSR count). The molecule has 0 amide bonds. The fourth-order valence-electron chi connectivity index (χ4n) is 3.62. The molecular formula is C16H23NO3. The van der Waals surface area contributed by atoms with Crippen molar-refractivity contribution in [3.63, 3.8) is 0 Å². The van der Waals surface area contributed by atoms with Gasteiger partial charge in [-0.2, -0.15) is 0 Å². The van der Waals surface area contributed by atoms with Gasteiger partial charge < -0.3 is 14.6 Å². The number of hydrogen-bond acceptors (Lipinski definition) is 4. The fourth-order valence-corrected chi connectivity index (χ4v) is 3.62. The minimum Gasteiger partial charge on any atom is -0.508 e. The number of hydrogen-bond donors (Lipinski definition) is 1. The van der Waals surface area contributed by atoms with E-state index in [1.54, 1.807) is 6.07 Å². The number of rotatable bonds is 2. The number of aromatic hydroxyl groups is 1. The lowest BCUT2D eigenvalue weighted by Gasteiger charge is -2.48. The van der Waals surface area contributed by atoms with Crippen molar-refractivity contribution in [2.24, 2.45) is 0 Å². The second kappa shape index (κ2) is 5.02. The third-order valence-corrected chi connectivity index (χ3v) is 4.89. The summed E-state index contributed by atoms with van der Waals surface area (Å²) in [7, 11) is 4.22. The van der Waals surface area contributed by atoms with Crippen LogP contribution in [-0.4, -0.2) is 43.1 Å². The highest BCUT2D eigenvalue weighted by molar-refractivity contribution is 5.33. The molecule has 1 aromatic carbocycles. The Balaban J connectivity index is 1.87. The fraction of sp³-hybridized carbons (Fsp3) is 0.625. The Kier molecular flexibility index (Phi) is 3.48. The van der Waals surface area contributed by atoms with E-state index in [9.17, 15) is 5.11 Å². The van der Waals surface area contributed by atoms with E-state index in [2.05, 4.69) is 25.1 Å². The minimum absolute atomic E-state index is 0.0424. The zero-order valence-electron chi connectivity index (χ0n) is 12.3. The summed E-state index contributed by atoms with van der Waals surface area (Å²) in [5.41, 5.74) is 1.13. The van der Waals surface area contributed by atoms with Crippen LogP contribution in [0.3, 0.4) is 0 Å². The first-order chi connectivity index (χ1) is 9.56. The zero-order valence-corrected chi connectivity index (χ0v) is 12.3. The Hall–Kier alpha value is -1.10. The summed E-state index contributed by atoms with van der Waals surface area (Å²) in [5, 5.41) is 9.78. The Morgan fingerprint density at radius 1 is 1.05 bits per heavy atom. The zero-order chi connectivity index (χ0) is 14.2. The Labute approximate surface area is 120 Å². The SMILES string of the molecule is CN(C)C1(c2cccc(O)c2)CCC2(CC1)OCCO2. The molecule has 0 unspecified atom stereocenters. The second-order valence-corrected chi connectivity index (χ2v) is 6.08. The largest absolute Gasteiger partial charge is 0.508 e. The van der Waals surface area contributed by atoms with Crippen LogP contribution in [0.15, 0.2) is 24.3 Å². The molecule has 1 aliphatic heterocycles. The molecule has 110 valence electrons. The van der Waals surface area contributed by atoms with E-state index in [1.807, 2.05) is 12.1 Å². The van der Waals surface area contributed by atoms with E-state index in [0.29, 0.717) is 19.0 Å². The van der Waals surface area contributed by atoms with Crippen LogP contribution in [0.5, 0.6) is 5.75 Å². The molecule has 2 aliphatic rings. The first-order valence-electron chi connectivity index (χ1n) is 7.31. The summed E-state index contributed by atoms with van der Waals surface area (Å²) < 4.78 is 11.6. The highest BCUT2D eigenvalue weighted by Crippen LogP contribution is 2.47. The van der Waals surface area contributed by atoms with Crippen molar-refractivity contribution >= 4 is 0 Å². The van der Waals surface area contributed by atoms with Crippen LogP contribution in [0.2, 0.25) is 0 Å². The molecule has 1 N–H and O–H groups in total. The van der Waals surface area contributed by atoms with Gasteiger partial charge in [0.05, 0.1) is 13.2 Å². The second-order valence-electron chi connectivity index (χ2n) is 6.08. The lowest BCUT2D eigenvalue weighted by Crippen LogP contribution is -2.49. The summed E-state index contributed by atoms with van der Waals surface area (Å²) in [6.45, 7) is 1.42. The number of phenolic OH excluding ortho intramolecular Hbond substituents is 1. The highest BCUT2D eigenvalue weighted by Gasteiger charge is 2.48. The maximum absolute atomic E-state index is 9.78. The third kappa shape index (κ3) is 2.22. The van der Waals surface area contributed by atoms with Crippen LogP contribution < -0.4 is 0 Å². The molecule has 0 atom stereocenters. The molecule has 0 aromatic heterocycles. The number of ether oxygens (including phenoxy) is 2. The lowest BCUT2D eigenvalue weighted by atomic mass is 9.73.